The van der Waals surface area contributed by atoms with E-state index in [9.17, 15) is 5.26 Å². The number of para-hydroxylation sites is 4. The molecule has 0 bridgehead atoms. The minimum absolute atomic E-state index is 0.488. The van der Waals surface area contributed by atoms with Gasteiger partial charge in [0.25, 0.3) is 0 Å². The normalized spacial score (nSPS) is 11.6. The maximum Gasteiger partial charge on any atom is 0.211 e. The maximum absolute atomic E-state index is 10.4. The fourth-order valence-electron chi connectivity index (χ4n) is 7.69. The highest BCUT2D eigenvalue weighted by Gasteiger charge is 2.22. The van der Waals surface area contributed by atoms with Crippen LogP contribution in [0.1, 0.15) is 5.56 Å². The lowest BCUT2D eigenvalue weighted by Crippen LogP contribution is -2.00. The molecule has 226 valence electrons. The fourth-order valence-corrected chi connectivity index (χ4v) is 7.69. The predicted molar refractivity (Wildman–Crippen MR) is 199 cm³/mol. The molecule has 10 rings (SSSR count). The Morgan fingerprint density at radius 1 is 0.531 bits per heavy atom. The number of nitriles is 1. The van der Waals surface area contributed by atoms with E-state index < -0.39 is 0 Å². The van der Waals surface area contributed by atoms with E-state index in [0.29, 0.717) is 16.9 Å². The van der Waals surface area contributed by atoms with Crippen molar-refractivity contribution in [3.05, 3.63) is 163 Å². The van der Waals surface area contributed by atoms with Crippen molar-refractivity contribution >= 4 is 71.2 Å². The SMILES string of the molecule is [C-]#[N+]c1ccc(C#N)c(-c2ccc(-n3c4ccccc4c4cc5c(cc43)oc3ccccc35)cc2)c1-n1c2ccccc2c2ccccc21. The number of fused-ring (bicyclic) bond motifs is 9. The molecule has 0 spiro atoms. The molecule has 0 aliphatic carbocycles. The van der Waals surface area contributed by atoms with E-state index in [2.05, 4.69) is 111 Å². The van der Waals surface area contributed by atoms with Gasteiger partial charge < -0.3 is 13.6 Å². The third-order valence-electron chi connectivity index (χ3n) is 9.79. The van der Waals surface area contributed by atoms with E-state index in [-0.39, 0.29) is 0 Å². The molecule has 7 aromatic carbocycles. The topological polar surface area (TPSA) is 51.1 Å². The number of rotatable bonds is 3. The Kier molecular flexibility index (Phi) is 5.64. The van der Waals surface area contributed by atoms with Crippen molar-refractivity contribution in [2.75, 3.05) is 0 Å². The number of furan rings is 1. The van der Waals surface area contributed by atoms with Gasteiger partial charge in [0.2, 0.25) is 5.69 Å². The number of benzene rings is 7. The minimum Gasteiger partial charge on any atom is -0.456 e. The smallest absolute Gasteiger partial charge is 0.211 e. The van der Waals surface area contributed by atoms with E-state index in [0.717, 1.165) is 77.0 Å². The zero-order valence-corrected chi connectivity index (χ0v) is 26.1. The monoisotopic (exact) mass is 624 g/mol. The number of hydrogen-bond donors (Lipinski definition) is 0. The standard InChI is InChI=1S/C44H24N4O/c1-46-36-23-20-28(26-45)43(44(36)48-38-15-7-2-10-30(38)31-11-3-8-16-39(31)48)27-18-21-29(22-19-27)47-37-14-6-4-12-32(37)34-24-35-33-13-5-9-17-41(33)49-42(35)25-40(34)47/h2-25H. The first-order valence-corrected chi connectivity index (χ1v) is 16.1. The van der Waals surface area contributed by atoms with Crippen LogP contribution in [-0.4, -0.2) is 9.13 Å². The second-order valence-electron chi connectivity index (χ2n) is 12.3. The molecule has 49 heavy (non-hydrogen) atoms. The van der Waals surface area contributed by atoms with Crippen LogP contribution in [0.25, 0.3) is 92.9 Å². The van der Waals surface area contributed by atoms with Crippen LogP contribution in [-0.2, 0) is 0 Å². The highest BCUT2D eigenvalue weighted by atomic mass is 16.3. The number of aromatic nitrogens is 2. The van der Waals surface area contributed by atoms with Crippen LogP contribution in [0.4, 0.5) is 5.69 Å². The van der Waals surface area contributed by atoms with Crippen LogP contribution in [0, 0.1) is 17.9 Å². The molecule has 0 atom stereocenters. The summed E-state index contributed by atoms with van der Waals surface area (Å²) in [5.41, 5.74) is 10.2. The highest BCUT2D eigenvalue weighted by Crippen LogP contribution is 2.43. The van der Waals surface area contributed by atoms with Crippen molar-refractivity contribution in [3.63, 3.8) is 0 Å². The molecule has 0 saturated heterocycles. The van der Waals surface area contributed by atoms with Crippen molar-refractivity contribution in [1.29, 1.82) is 5.26 Å². The van der Waals surface area contributed by atoms with Gasteiger partial charge in [-0.05, 0) is 48.0 Å². The average molecular weight is 625 g/mol. The first kappa shape index (κ1) is 27.1. The van der Waals surface area contributed by atoms with Gasteiger partial charge >= 0.3 is 0 Å². The lowest BCUT2D eigenvalue weighted by molar-refractivity contribution is 0.669. The summed E-state index contributed by atoms with van der Waals surface area (Å²) in [4.78, 5) is 3.98. The van der Waals surface area contributed by atoms with Crippen LogP contribution < -0.4 is 0 Å². The van der Waals surface area contributed by atoms with Crippen LogP contribution in [0.15, 0.2) is 150 Å². The second-order valence-corrected chi connectivity index (χ2v) is 12.3. The predicted octanol–water partition coefficient (Wildman–Crippen LogP) is 11.9. The molecular weight excluding hydrogens is 601 g/mol. The van der Waals surface area contributed by atoms with E-state index in [1.807, 2.05) is 42.5 Å². The van der Waals surface area contributed by atoms with Crippen LogP contribution in [0.2, 0.25) is 0 Å². The first-order valence-electron chi connectivity index (χ1n) is 16.1. The van der Waals surface area contributed by atoms with E-state index in [1.54, 1.807) is 12.1 Å². The van der Waals surface area contributed by atoms with Crippen molar-refractivity contribution < 1.29 is 4.42 Å². The van der Waals surface area contributed by atoms with Gasteiger partial charge in [-0.1, -0.05) is 97.1 Å². The lowest BCUT2D eigenvalue weighted by atomic mass is 9.96. The molecule has 3 heterocycles. The fraction of sp³-hybridized carbons (Fsp3) is 0. The van der Waals surface area contributed by atoms with E-state index in [4.69, 9.17) is 11.0 Å². The summed E-state index contributed by atoms with van der Waals surface area (Å²) in [5.74, 6) is 0. The molecule has 0 radical (unpaired) electrons. The third kappa shape index (κ3) is 3.79. The highest BCUT2D eigenvalue weighted by molar-refractivity contribution is 6.17. The lowest BCUT2D eigenvalue weighted by Gasteiger charge is -2.18. The van der Waals surface area contributed by atoms with Gasteiger partial charge in [0.05, 0.1) is 46.0 Å². The Hall–Kier alpha value is -7.08. The zero-order valence-electron chi connectivity index (χ0n) is 26.1. The Morgan fingerprint density at radius 2 is 1.12 bits per heavy atom. The van der Waals surface area contributed by atoms with Crippen LogP contribution in [0.5, 0.6) is 0 Å². The summed E-state index contributed by atoms with van der Waals surface area (Å²) in [5, 5.41) is 17.1. The largest absolute Gasteiger partial charge is 0.456 e. The van der Waals surface area contributed by atoms with E-state index in [1.165, 1.54) is 5.39 Å². The number of nitrogens with zero attached hydrogens (tertiary/aromatic N) is 4. The molecule has 0 aliphatic heterocycles. The van der Waals surface area contributed by atoms with Gasteiger partial charge in [-0.25, -0.2) is 4.85 Å². The van der Waals surface area contributed by atoms with Gasteiger partial charge in [-0.2, -0.15) is 5.26 Å². The Balaban J connectivity index is 1.22. The third-order valence-corrected chi connectivity index (χ3v) is 9.79. The summed E-state index contributed by atoms with van der Waals surface area (Å²) >= 11 is 0. The van der Waals surface area contributed by atoms with Crippen molar-refractivity contribution in [2.24, 2.45) is 0 Å². The molecule has 5 heteroatoms. The molecule has 3 aromatic heterocycles. The van der Waals surface area contributed by atoms with Crippen LogP contribution >= 0.6 is 0 Å². The average Bonchev–Trinajstić information content (AvgIpc) is 3.80. The Morgan fingerprint density at radius 3 is 1.78 bits per heavy atom. The summed E-state index contributed by atoms with van der Waals surface area (Å²) in [6, 6.07) is 51.8. The molecular formula is C44H24N4O. The maximum atomic E-state index is 10.4. The summed E-state index contributed by atoms with van der Waals surface area (Å²) in [6.45, 7) is 8.18. The van der Waals surface area contributed by atoms with Gasteiger partial charge in [-0.3, -0.25) is 0 Å². The Labute approximate surface area is 280 Å². The minimum atomic E-state index is 0.488. The molecule has 0 aliphatic rings. The van der Waals surface area contributed by atoms with Gasteiger partial charge in [0.15, 0.2) is 0 Å². The quantitative estimate of drug-likeness (QED) is 0.184. The van der Waals surface area contributed by atoms with E-state index >= 15 is 0 Å². The summed E-state index contributed by atoms with van der Waals surface area (Å²) in [6.07, 6.45) is 0. The van der Waals surface area contributed by atoms with Crippen molar-refractivity contribution in [1.82, 2.24) is 9.13 Å². The zero-order chi connectivity index (χ0) is 32.6. The summed E-state index contributed by atoms with van der Waals surface area (Å²) in [7, 11) is 0. The summed E-state index contributed by atoms with van der Waals surface area (Å²) < 4.78 is 10.7. The molecule has 0 saturated carbocycles. The molecule has 0 N–H and O–H groups in total. The first-order chi connectivity index (χ1) is 24.2. The molecule has 0 fully saturated rings. The van der Waals surface area contributed by atoms with Gasteiger partial charge in [0, 0.05) is 49.6 Å². The van der Waals surface area contributed by atoms with Crippen molar-refractivity contribution in [2.45, 2.75) is 0 Å². The van der Waals surface area contributed by atoms with Gasteiger partial charge in [-0.15, -0.1) is 0 Å². The molecule has 0 amide bonds. The molecule has 5 nitrogen and oxygen atoms in total. The second kappa shape index (κ2) is 10.2. The molecule has 0 unspecified atom stereocenters. The number of hydrogen-bond acceptors (Lipinski definition) is 2. The van der Waals surface area contributed by atoms with Crippen LogP contribution in [0.3, 0.4) is 0 Å². The Bertz CT molecular complexity index is 3020. The van der Waals surface area contributed by atoms with Gasteiger partial charge in [0.1, 0.15) is 11.2 Å². The molecule has 10 aromatic rings. The van der Waals surface area contributed by atoms with Crippen molar-refractivity contribution in [3.8, 4) is 28.6 Å².